The molecule has 190 valence electrons. The van der Waals surface area contributed by atoms with Crippen molar-refractivity contribution in [3.63, 3.8) is 0 Å². The number of hydrogen-bond donors (Lipinski definition) is 2. The van der Waals surface area contributed by atoms with Gasteiger partial charge < -0.3 is 19.0 Å². The van der Waals surface area contributed by atoms with Crippen molar-refractivity contribution in [2.75, 3.05) is 18.9 Å². The van der Waals surface area contributed by atoms with Crippen LogP contribution in [0.1, 0.15) is 24.5 Å². The van der Waals surface area contributed by atoms with Crippen molar-refractivity contribution in [1.29, 1.82) is 0 Å². The lowest BCUT2D eigenvalue weighted by Gasteiger charge is -2.21. The number of sulfonamides is 1. The number of nitrogens with one attached hydrogen (secondary N) is 1. The lowest BCUT2D eigenvalue weighted by Crippen LogP contribution is -2.32. The maximum Gasteiger partial charge on any atom is 0.243 e. The van der Waals surface area contributed by atoms with Gasteiger partial charge in [0.2, 0.25) is 21.8 Å². The number of ether oxygens (including phenoxy) is 2. The molecule has 13 heteroatoms. The molecular formula is C23H24FN5O6S. The zero-order valence-corrected chi connectivity index (χ0v) is 20.7. The molecule has 0 radical (unpaired) electrons. The van der Waals surface area contributed by atoms with Crippen molar-refractivity contribution >= 4 is 16.0 Å². The zero-order valence-electron chi connectivity index (χ0n) is 19.8. The molecule has 0 saturated carbocycles. The number of aryl methyl sites for hydroxylation is 1. The standard InChI is InChI=1S/C23H24FN5O6S/c1-13-8-11-19(35-13)22-26-27-23(29(22)20-17(33-3)6-5-7-18(20)34-4)28-36(31,32)14(2)21(30)16-10-9-15(24)12-25-16/h5-12,14,21,30H,1-4H3,(H,27,28)/t14-,21+/m0/s1. The minimum atomic E-state index is -4.27. The molecule has 1 aromatic carbocycles. The molecule has 0 aliphatic rings. The van der Waals surface area contributed by atoms with Crippen LogP contribution in [-0.4, -0.2) is 52.7 Å². The molecule has 0 amide bonds. The van der Waals surface area contributed by atoms with Crippen LogP contribution in [0.15, 0.2) is 53.1 Å². The van der Waals surface area contributed by atoms with Gasteiger partial charge in [0.1, 0.15) is 40.1 Å². The summed E-state index contributed by atoms with van der Waals surface area (Å²) in [6, 6.07) is 10.7. The molecule has 4 rings (SSSR count). The first-order chi connectivity index (χ1) is 17.2. The summed E-state index contributed by atoms with van der Waals surface area (Å²) < 4.78 is 60.3. The summed E-state index contributed by atoms with van der Waals surface area (Å²) in [5, 5.41) is 17.4. The van der Waals surface area contributed by atoms with E-state index in [-0.39, 0.29) is 17.5 Å². The maximum absolute atomic E-state index is 13.3. The zero-order chi connectivity index (χ0) is 26.0. The van der Waals surface area contributed by atoms with E-state index in [0.29, 0.717) is 28.7 Å². The van der Waals surface area contributed by atoms with Gasteiger partial charge in [0, 0.05) is 0 Å². The number of aromatic nitrogens is 4. The first-order valence-electron chi connectivity index (χ1n) is 10.7. The number of furan rings is 1. The van der Waals surface area contributed by atoms with Gasteiger partial charge in [-0.2, -0.15) is 0 Å². The molecule has 0 fully saturated rings. The van der Waals surface area contributed by atoms with Crippen LogP contribution >= 0.6 is 0 Å². The van der Waals surface area contributed by atoms with E-state index < -0.39 is 27.2 Å². The summed E-state index contributed by atoms with van der Waals surface area (Å²) in [6.45, 7) is 3.04. The molecule has 0 unspecified atom stereocenters. The molecule has 0 spiro atoms. The first kappa shape index (κ1) is 25.1. The molecule has 3 heterocycles. The number of pyridine rings is 1. The van der Waals surface area contributed by atoms with Gasteiger partial charge in [-0.15, -0.1) is 10.2 Å². The number of halogens is 1. The second-order valence-corrected chi connectivity index (χ2v) is 9.84. The Morgan fingerprint density at radius 1 is 1.08 bits per heavy atom. The summed E-state index contributed by atoms with van der Waals surface area (Å²) in [4.78, 5) is 3.78. The summed E-state index contributed by atoms with van der Waals surface area (Å²) in [7, 11) is -1.36. The Morgan fingerprint density at radius 2 is 1.78 bits per heavy atom. The summed E-state index contributed by atoms with van der Waals surface area (Å²) in [5.74, 6) is 0.994. The quantitative estimate of drug-likeness (QED) is 0.342. The molecule has 4 aromatic rings. The molecule has 0 aliphatic heterocycles. The van der Waals surface area contributed by atoms with Crippen molar-refractivity contribution in [1.82, 2.24) is 19.7 Å². The molecular weight excluding hydrogens is 493 g/mol. The van der Waals surface area contributed by atoms with Crippen LogP contribution in [0.25, 0.3) is 17.3 Å². The molecule has 0 saturated heterocycles. The van der Waals surface area contributed by atoms with E-state index >= 15 is 0 Å². The monoisotopic (exact) mass is 517 g/mol. The van der Waals surface area contributed by atoms with Crippen molar-refractivity contribution in [2.45, 2.75) is 25.2 Å². The van der Waals surface area contributed by atoms with E-state index in [1.54, 1.807) is 37.3 Å². The molecule has 3 aromatic heterocycles. The highest BCUT2D eigenvalue weighted by atomic mass is 32.2. The van der Waals surface area contributed by atoms with Crippen LogP contribution in [0.3, 0.4) is 0 Å². The topological polar surface area (TPSA) is 142 Å². The number of rotatable bonds is 9. The van der Waals surface area contributed by atoms with Crippen LogP contribution in [0.4, 0.5) is 10.3 Å². The van der Waals surface area contributed by atoms with Crippen molar-refractivity contribution in [3.8, 4) is 28.8 Å². The Bertz CT molecular complexity index is 1450. The highest BCUT2D eigenvalue weighted by molar-refractivity contribution is 7.93. The second kappa shape index (κ2) is 9.95. The van der Waals surface area contributed by atoms with Crippen LogP contribution in [0, 0.1) is 12.7 Å². The van der Waals surface area contributed by atoms with E-state index in [0.717, 1.165) is 12.3 Å². The van der Waals surface area contributed by atoms with Gasteiger partial charge in [0.25, 0.3) is 0 Å². The van der Waals surface area contributed by atoms with Gasteiger partial charge in [-0.05, 0) is 50.2 Å². The number of para-hydroxylation sites is 1. The predicted molar refractivity (Wildman–Crippen MR) is 128 cm³/mol. The third kappa shape index (κ3) is 4.75. The Morgan fingerprint density at radius 3 is 2.33 bits per heavy atom. The summed E-state index contributed by atoms with van der Waals surface area (Å²) >= 11 is 0. The maximum atomic E-state index is 13.3. The Balaban J connectivity index is 1.81. The van der Waals surface area contributed by atoms with Crippen LogP contribution < -0.4 is 14.2 Å². The van der Waals surface area contributed by atoms with E-state index in [1.807, 2.05) is 0 Å². The van der Waals surface area contributed by atoms with E-state index in [4.69, 9.17) is 13.9 Å². The predicted octanol–water partition coefficient (Wildman–Crippen LogP) is 3.25. The molecule has 0 bridgehead atoms. The molecule has 2 atom stereocenters. The average molecular weight is 518 g/mol. The number of nitrogens with zero attached hydrogens (tertiary/aromatic N) is 4. The fraction of sp³-hybridized carbons (Fsp3) is 0.261. The minimum Gasteiger partial charge on any atom is -0.494 e. The van der Waals surface area contributed by atoms with E-state index in [9.17, 15) is 17.9 Å². The van der Waals surface area contributed by atoms with Gasteiger partial charge in [-0.25, -0.2) is 12.8 Å². The lowest BCUT2D eigenvalue weighted by atomic mass is 10.2. The molecule has 2 N–H and O–H groups in total. The number of methoxy groups -OCH3 is 2. The van der Waals surface area contributed by atoms with Crippen LogP contribution in [-0.2, 0) is 10.0 Å². The molecule has 36 heavy (non-hydrogen) atoms. The van der Waals surface area contributed by atoms with Gasteiger partial charge in [0.15, 0.2) is 5.76 Å². The van der Waals surface area contributed by atoms with Gasteiger partial charge in [0.05, 0.1) is 26.1 Å². The molecule has 11 nitrogen and oxygen atoms in total. The number of hydrogen-bond acceptors (Lipinski definition) is 9. The summed E-state index contributed by atoms with van der Waals surface area (Å²) in [6.07, 6.45) is -0.652. The smallest absolute Gasteiger partial charge is 0.243 e. The number of aliphatic hydroxyl groups excluding tert-OH is 1. The van der Waals surface area contributed by atoms with Crippen molar-refractivity contribution in [2.24, 2.45) is 0 Å². The second-order valence-electron chi connectivity index (χ2n) is 7.80. The summed E-state index contributed by atoms with van der Waals surface area (Å²) in [5.41, 5.74) is 0.316. The Kier molecular flexibility index (Phi) is 6.95. The third-order valence-corrected chi connectivity index (χ3v) is 7.17. The fourth-order valence-electron chi connectivity index (χ4n) is 3.52. The van der Waals surface area contributed by atoms with Gasteiger partial charge in [-0.3, -0.25) is 14.3 Å². The first-order valence-corrected chi connectivity index (χ1v) is 12.3. The van der Waals surface area contributed by atoms with Crippen LogP contribution in [0.2, 0.25) is 0 Å². The SMILES string of the molecule is COc1cccc(OC)c1-n1c(NS(=O)(=O)[C@@H](C)[C@@H](O)c2ccc(F)cn2)nnc1-c1ccc(C)o1. The van der Waals surface area contributed by atoms with Crippen molar-refractivity contribution < 1.29 is 31.8 Å². The van der Waals surface area contributed by atoms with Crippen molar-refractivity contribution in [3.05, 3.63) is 65.9 Å². The average Bonchev–Trinajstić information content (AvgIpc) is 3.48. The fourth-order valence-corrected chi connectivity index (χ4v) is 4.57. The Hall–Kier alpha value is -3.97. The van der Waals surface area contributed by atoms with Crippen LogP contribution in [0.5, 0.6) is 11.5 Å². The largest absolute Gasteiger partial charge is 0.494 e. The third-order valence-electron chi connectivity index (χ3n) is 5.47. The van der Waals surface area contributed by atoms with E-state index in [2.05, 4.69) is 19.9 Å². The Labute approximate surface area is 206 Å². The number of benzene rings is 1. The number of anilines is 1. The van der Waals surface area contributed by atoms with Gasteiger partial charge in [-0.1, -0.05) is 6.07 Å². The van der Waals surface area contributed by atoms with E-state index in [1.165, 1.54) is 31.8 Å². The lowest BCUT2D eigenvalue weighted by molar-refractivity contribution is 0.171. The highest BCUT2D eigenvalue weighted by Gasteiger charge is 2.33. The van der Waals surface area contributed by atoms with Gasteiger partial charge >= 0.3 is 0 Å². The minimum absolute atomic E-state index is 0.00566. The number of aliphatic hydroxyl groups is 1. The normalized spacial score (nSPS) is 13.3. The molecule has 0 aliphatic carbocycles. The highest BCUT2D eigenvalue weighted by Crippen LogP contribution is 2.38.